The molecule has 2 aliphatic heterocycles. The van der Waals surface area contributed by atoms with Crippen LogP contribution in [0.3, 0.4) is 0 Å². The molecule has 0 radical (unpaired) electrons. The summed E-state index contributed by atoms with van der Waals surface area (Å²) in [7, 11) is 0. The predicted octanol–water partition coefficient (Wildman–Crippen LogP) is 5.36. The number of aryl methyl sites for hydroxylation is 1. The van der Waals surface area contributed by atoms with Crippen LogP contribution in [0.25, 0.3) is 10.9 Å². The fourth-order valence-electron chi connectivity index (χ4n) is 6.47. The molecule has 1 unspecified atom stereocenters. The molecule has 1 saturated heterocycles. The van der Waals surface area contributed by atoms with Crippen LogP contribution in [-0.2, 0) is 11.2 Å². The summed E-state index contributed by atoms with van der Waals surface area (Å²) < 4.78 is 14.0. The molecule has 0 bridgehead atoms. The second-order valence-electron chi connectivity index (χ2n) is 10.5. The molecule has 1 amide bonds. The van der Waals surface area contributed by atoms with Crippen molar-refractivity contribution in [2.24, 2.45) is 5.92 Å². The van der Waals surface area contributed by atoms with Crippen molar-refractivity contribution >= 4 is 28.2 Å². The Kier molecular flexibility index (Phi) is 6.23. The number of fused-ring (bicyclic) bond motifs is 2. The SMILES string of the molecule is O=C(C1CCCCC1)N1c2ccc(F)cc2CCC1CN1CCN(c2cccc3[nH]ccc23)CC1. The lowest BCUT2D eigenvalue weighted by Crippen LogP contribution is -2.55. The average Bonchev–Trinajstić information content (AvgIpc) is 3.38. The number of H-pyrrole nitrogens is 1. The van der Waals surface area contributed by atoms with Gasteiger partial charge in [-0.3, -0.25) is 9.69 Å². The highest BCUT2D eigenvalue weighted by Crippen LogP contribution is 2.36. The maximum absolute atomic E-state index is 14.0. The largest absolute Gasteiger partial charge is 0.368 e. The molecule has 3 heterocycles. The van der Waals surface area contributed by atoms with Crippen molar-refractivity contribution in [2.45, 2.75) is 51.0 Å². The third-order valence-electron chi connectivity index (χ3n) is 8.36. The fourth-order valence-corrected chi connectivity index (χ4v) is 6.47. The van der Waals surface area contributed by atoms with E-state index >= 15 is 0 Å². The van der Waals surface area contributed by atoms with E-state index in [0.29, 0.717) is 0 Å². The number of amides is 1. The first-order valence-electron chi connectivity index (χ1n) is 13.3. The van der Waals surface area contributed by atoms with Crippen LogP contribution >= 0.6 is 0 Å². The Morgan fingerprint density at radius 3 is 2.60 bits per heavy atom. The van der Waals surface area contributed by atoms with E-state index in [0.717, 1.165) is 82.5 Å². The predicted molar refractivity (Wildman–Crippen MR) is 140 cm³/mol. The Labute approximate surface area is 206 Å². The molecule has 3 aliphatic rings. The highest BCUT2D eigenvalue weighted by atomic mass is 19.1. The van der Waals surface area contributed by atoms with Crippen molar-refractivity contribution in [1.29, 1.82) is 0 Å². The first-order valence-corrected chi connectivity index (χ1v) is 13.3. The van der Waals surface area contributed by atoms with Gasteiger partial charge in [0.15, 0.2) is 0 Å². The molecule has 2 fully saturated rings. The van der Waals surface area contributed by atoms with Gasteiger partial charge in [0.2, 0.25) is 5.91 Å². The fraction of sp³-hybridized carbons (Fsp3) is 0.483. The first-order chi connectivity index (χ1) is 17.2. The van der Waals surface area contributed by atoms with Crippen molar-refractivity contribution in [3.8, 4) is 0 Å². The quantitative estimate of drug-likeness (QED) is 0.554. The van der Waals surface area contributed by atoms with E-state index in [1.54, 1.807) is 6.07 Å². The van der Waals surface area contributed by atoms with Gasteiger partial charge in [0.1, 0.15) is 5.82 Å². The lowest BCUT2D eigenvalue weighted by molar-refractivity contribution is -0.124. The maximum atomic E-state index is 14.0. The first kappa shape index (κ1) is 22.6. The van der Waals surface area contributed by atoms with E-state index in [1.807, 2.05) is 12.3 Å². The number of halogens is 1. The van der Waals surface area contributed by atoms with Gasteiger partial charge in [-0.15, -0.1) is 0 Å². The summed E-state index contributed by atoms with van der Waals surface area (Å²) in [6.07, 6.45) is 9.23. The van der Waals surface area contributed by atoms with Crippen LogP contribution in [0.2, 0.25) is 0 Å². The van der Waals surface area contributed by atoms with E-state index in [4.69, 9.17) is 0 Å². The summed E-state index contributed by atoms with van der Waals surface area (Å²) in [4.78, 5) is 24.2. The van der Waals surface area contributed by atoms with Crippen LogP contribution in [0, 0.1) is 11.7 Å². The van der Waals surface area contributed by atoms with Crippen LogP contribution in [0.15, 0.2) is 48.7 Å². The van der Waals surface area contributed by atoms with Crippen molar-refractivity contribution < 1.29 is 9.18 Å². The number of carbonyl (C=O) groups excluding carboxylic acids is 1. The van der Waals surface area contributed by atoms with E-state index in [2.05, 4.69) is 43.9 Å². The van der Waals surface area contributed by atoms with Crippen LogP contribution in [0.1, 0.15) is 44.1 Å². The summed E-state index contributed by atoms with van der Waals surface area (Å²) in [6, 6.07) is 13.8. The Balaban J connectivity index is 1.18. The molecule has 0 spiro atoms. The number of nitrogens with one attached hydrogen (secondary N) is 1. The highest BCUT2D eigenvalue weighted by Gasteiger charge is 2.36. The number of benzene rings is 2. The molecule has 6 heteroatoms. The van der Waals surface area contributed by atoms with Crippen molar-refractivity contribution in [3.05, 3.63) is 60.0 Å². The summed E-state index contributed by atoms with van der Waals surface area (Å²) in [6.45, 7) is 4.82. The van der Waals surface area contributed by atoms with E-state index < -0.39 is 0 Å². The van der Waals surface area contributed by atoms with Crippen LogP contribution in [-0.4, -0.2) is 54.6 Å². The summed E-state index contributed by atoms with van der Waals surface area (Å²) >= 11 is 0. The van der Waals surface area contributed by atoms with Crippen molar-refractivity contribution in [3.63, 3.8) is 0 Å². The van der Waals surface area contributed by atoms with Gasteiger partial charge < -0.3 is 14.8 Å². The molecule has 35 heavy (non-hydrogen) atoms. The van der Waals surface area contributed by atoms with E-state index in [9.17, 15) is 9.18 Å². The molecule has 1 saturated carbocycles. The van der Waals surface area contributed by atoms with Gasteiger partial charge in [-0.1, -0.05) is 25.3 Å². The second-order valence-corrected chi connectivity index (χ2v) is 10.5. The molecule has 1 N–H and O–H groups in total. The minimum atomic E-state index is -0.208. The highest BCUT2D eigenvalue weighted by molar-refractivity contribution is 5.97. The minimum absolute atomic E-state index is 0.112. The standard InChI is InChI=1S/C29H35FN4O/c30-23-10-12-27-22(19-23)9-11-24(34(27)29(35)21-5-2-1-3-6-21)20-32-15-17-33(18-16-32)28-8-4-7-26-25(28)13-14-31-26/h4,7-8,10,12-14,19,21,24,31H,1-3,5-6,9,11,15-18,20H2. The number of aromatic nitrogens is 1. The summed E-state index contributed by atoms with van der Waals surface area (Å²) in [5, 5.41) is 1.28. The Bertz CT molecular complexity index is 1190. The zero-order valence-corrected chi connectivity index (χ0v) is 20.4. The summed E-state index contributed by atoms with van der Waals surface area (Å²) in [5.41, 5.74) is 4.40. The maximum Gasteiger partial charge on any atom is 0.230 e. The topological polar surface area (TPSA) is 42.6 Å². The number of rotatable bonds is 4. The number of piperazine rings is 1. The van der Waals surface area contributed by atoms with Gasteiger partial charge in [-0.2, -0.15) is 0 Å². The average molecular weight is 475 g/mol. The van der Waals surface area contributed by atoms with Crippen LogP contribution in [0.5, 0.6) is 0 Å². The molecule has 184 valence electrons. The third-order valence-corrected chi connectivity index (χ3v) is 8.36. The Morgan fingerprint density at radius 1 is 0.943 bits per heavy atom. The Hall–Kier alpha value is -2.86. The molecule has 2 aromatic carbocycles. The van der Waals surface area contributed by atoms with Gasteiger partial charge in [-0.25, -0.2) is 4.39 Å². The van der Waals surface area contributed by atoms with Crippen molar-refractivity contribution in [2.75, 3.05) is 42.5 Å². The molecule has 1 aromatic heterocycles. The number of carbonyl (C=O) groups is 1. The van der Waals surface area contributed by atoms with E-state index in [1.165, 1.54) is 29.1 Å². The number of anilines is 2. The smallest absolute Gasteiger partial charge is 0.230 e. The van der Waals surface area contributed by atoms with E-state index in [-0.39, 0.29) is 23.7 Å². The Morgan fingerprint density at radius 2 is 1.77 bits per heavy atom. The molecule has 1 atom stereocenters. The minimum Gasteiger partial charge on any atom is -0.368 e. The van der Waals surface area contributed by atoms with Crippen LogP contribution in [0.4, 0.5) is 15.8 Å². The normalized spacial score (nSPS) is 21.9. The number of nitrogens with zero attached hydrogens (tertiary/aromatic N) is 3. The molecule has 3 aromatic rings. The second kappa shape index (κ2) is 9.65. The molecule has 5 nitrogen and oxygen atoms in total. The zero-order chi connectivity index (χ0) is 23.8. The molecular formula is C29H35FN4O. The van der Waals surface area contributed by atoms with Gasteiger partial charge in [0.25, 0.3) is 0 Å². The monoisotopic (exact) mass is 474 g/mol. The molecular weight excluding hydrogens is 439 g/mol. The van der Waals surface area contributed by atoms with Gasteiger partial charge in [0, 0.05) is 73.2 Å². The summed E-state index contributed by atoms with van der Waals surface area (Å²) in [5.74, 6) is 0.168. The number of hydrogen-bond donors (Lipinski definition) is 1. The lowest BCUT2D eigenvalue weighted by Gasteiger charge is -2.44. The van der Waals surface area contributed by atoms with Crippen LogP contribution < -0.4 is 9.80 Å². The van der Waals surface area contributed by atoms with Gasteiger partial charge >= 0.3 is 0 Å². The number of aromatic amines is 1. The molecule has 6 rings (SSSR count). The number of hydrogen-bond acceptors (Lipinski definition) is 3. The van der Waals surface area contributed by atoms with Gasteiger partial charge in [0.05, 0.1) is 0 Å². The zero-order valence-electron chi connectivity index (χ0n) is 20.4. The van der Waals surface area contributed by atoms with Crippen molar-refractivity contribution in [1.82, 2.24) is 9.88 Å². The molecule has 1 aliphatic carbocycles. The lowest BCUT2D eigenvalue weighted by atomic mass is 9.86. The third kappa shape index (κ3) is 4.44. The van der Waals surface area contributed by atoms with Gasteiger partial charge in [-0.05, 0) is 67.6 Å².